The summed E-state index contributed by atoms with van der Waals surface area (Å²) >= 11 is 1.29. The minimum atomic E-state index is -0.406. The number of thioether (sulfide) groups is 1. The number of para-hydroxylation sites is 1. The molecule has 0 aliphatic carbocycles. The lowest BCUT2D eigenvalue weighted by Crippen LogP contribution is -2.15. The zero-order valence-corrected chi connectivity index (χ0v) is 15.1. The van der Waals surface area contributed by atoms with Gasteiger partial charge in [-0.05, 0) is 37.3 Å². The average Bonchev–Trinajstić information content (AvgIpc) is 3.05. The van der Waals surface area contributed by atoms with E-state index in [1.165, 1.54) is 11.8 Å². The summed E-state index contributed by atoms with van der Waals surface area (Å²) in [6, 6.07) is 14.7. The highest BCUT2D eigenvalue weighted by atomic mass is 32.2. The van der Waals surface area contributed by atoms with Crippen LogP contribution in [0.3, 0.4) is 0 Å². The molecule has 3 aromatic rings. The minimum Gasteiger partial charge on any atom is -0.494 e. The molecule has 1 heterocycles. The minimum absolute atomic E-state index is 0.152. The zero-order chi connectivity index (χ0) is 18.5. The molecule has 1 aromatic heterocycles. The van der Waals surface area contributed by atoms with Gasteiger partial charge < -0.3 is 20.8 Å². The third kappa shape index (κ3) is 4.18. The van der Waals surface area contributed by atoms with Gasteiger partial charge in [-0.2, -0.15) is 0 Å². The molecule has 0 saturated heterocycles. The van der Waals surface area contributed by atoms with Crippen LogP contribution in [-0.4, -0.2) is 29.2 Å². The van der Waals surface area contributed by atoms with E-state index in [1.807, 2.05) is 43.3 Å². The van der Waals surface area contributed by atoms with Crippen molar-refractivity contribution >= 4 is 40.2 Å². The maximum absolute atomic E-state index is 12.6. The summed E-state index contributed by atoms with van der Waals surface area (Å²) in [6.45, 7) is 2.50. The lowest BCUT2D eigenvalue weighted by molar-refractivity contribution is -0.115. The molecule has 0 bridgehead atoms. The second-order valence-electron chi connectivity index (χ2n) is 5.57. The predicted molar refractivity (Wildman–Crippen MR) is 104 cm³/mol. The van der Waals surface area contributed by atoms with E-state index in [9.17, 15) is 9.59 Å². The van der Waals surface area contributed by atoms with Gasteiger partial charge in [0.05, 0.1) is 18.0 Å². The topological polar surface area (TPSA) is 97.2 Å². The van der Waals surface area contributed by atoms with Crippen LogP contribution in [0.4, 0.5) is 5.69 Å². The fourth-order valence-electron chi connectivity index (χ4n) is 2.52. The van der Waals surface area contributed by atoms with Gasteiger partial charge in [-0.3, -0.25) is 9.59 Å². The third-order valence-corrected chi connectivity index (χ3v) is 4.75. The van der Waals surface area contributed by atoms with Gasteiger partial charge in [0.15, 0.2) is 0 Å². The maximum atomic E-state index is 12.6. The molecule has 2 amide bonds. The van der Waals surface area contributed by atoms with Crippen LogP contribution in [0.25, 0.3) is 10.9 Å². The van der Waals surface area contributed by atoms with E-state index in [2.05, 4.69) is 10.3 Å². The molecule has 0 saturated carbocycles. The van der Waals surface area contributed by atoms with Gasteiger partial charge >= 0.3 is 0 Å². The lowest BCUT2D eigenvalue weighted by Gasteiger charge is -2.09. The molecule has 6 nitrogen and oxygen atoms in total. The lowest BCUT2D eigenvalue weighted by atomic mass is 10.2. The number of aromatic nitrogens is 1. The van der Waals surface area contributed by atoms with Gasteiger partial charge in [0.1, 0.15) is 11.4 Å². The molecule has 0 spiro atoms. The Morgan fingerprint density at radius 2 is 2.00 bits per heavy atom. The summed E-state index contributed by atoms with van der Waals surface area (Å²) in [5, 5.41) is 3.80. The molecule has 0 aliphatic rings. The van der Waals surface area contributed by atoms with E-state index in [0.29, 0.717) is 18.0 Å². The number of amides is 2. The molecule has 0 aliphatic heterocycles. The fraction of sp³-hybridized carbons (Fsp3) is 0.158. The van der Waals surface area contributed by atoms with E-state index >= 15 is 0 Å². The predicted octanol–water partition coefficient (Wildman–Crippen LogP) is 3.40. The molecule has 3 rings (SSSR count). The van der Waals surface area contributed by atoms with Gasteiger partial charge in [-0.25, -0.2) is 0 Å². The van der Waals surface area contributed by atoms with Gasteiger partial charge in [0, 0.05) is 21.9 Å². The summed E-state index contributed by atoms with van der Waals surface area (Å²) in [5.41, 5.74) is 7.11. The molecule has 26 heavy (non-hydrogen) atoms. The smallest absolute Gasteiger partial charge is 0.272 e. The van der Waals surface area contributed by atoms with Crippen molar-refractivity contribution in [1.29, 1.82) is 0 Å². The van der Waals surface area contributed by atoms with Crippen molar-refractivity contribution in [2.75, 3.05) is 17.7 Å². The molecule has 4 N–H and O–H groups in total. The van der Waals surface area contributed by atoms with E-state index in [1.54, 1.807) is 12.1 Å². The largest absolute Gasteiger partial charge is 0.494 e. The summed E-state index contributed by atoms with van der Waals surface area (Å²) in [6.07, 6.45) is 0. The van der Waals surface area contributed by atoms with E-state index in [0.717, 1.165) is 21.5 Å². The Bertz CT molecular complexity index is 952. The third-order valence-electron chi connectivity index (χ3n) is 3.65. The number of H-pyrrole nitrogens is 1. The quantitative estimate of drug-likeness (QED) is 0.556. The number of nitrogens with one attached hydrogen (secondary N) is 2. The summed E-state index contributed by atoms with van der Waals surface area (Å²) < 4.78 is 5.48. The molecule has 2 aromatic carbocycles. The highest BCUT2D eigenvalue weighted by Gasteiger charge is 2.13. The van der Waals surface area contributed by atoms with Crippen molar-refractivity contribution in [2.24, 2.45) is 5.73 Å². The second kappa shape index (κ2) is 7.97. The van der Waals surface area contributed by atoms with Crippen molar-refractivity contribution in [1.82, 2.24) is 4.98 Å². The molecule has 0 radical (unpaired) electrons. The van der Waals surface area contributed by atoms with Crippen LogP contribution in [0.15, 0.2) is 53.4 Å². The van der Waals surface area contributed by atoms with Crippen LogP contribution in [0.5, 0.6) is 5.75 Å². The number of aromatic amines is 1. The molecule has 134 valence electrons. The summed E-state index contributed by atoms with van der Waals surface area (Å²) in [5.74, 6) is 0.240. The van der Waals surface area contributed by atoms with Crippen LogP contribution in [0.2, 0.25) is 0 Å². The van der Waals surface area contributed by atoms with Gasteiger partial charge in [-0.15, -0.1) is 11.8 Å². The number of carbonyl (C=O) groups excluding carboxylic acids is 2. The summed E-state index contributed by atoms with van der Waals surface area (Å²) in [4.78, 5) is 27.5. The van der Waals surface area contributed by atoms with Crippen molar-refractivity contribution in [3.05, 3.63) is 54.2 Å². The molecular weight excluding hydrogens is 350 g/mol. The molecule has 0 unspecified atom stereocenters. The maximum Gasteiger partial charge on any atom is 0.272 e. The Morgan fingerprint density at radius 1 is 1.19 bits per heavy atom. The van der Waals surface area contributed by atoms with Crippen LogP contribution in [0, 0.1) is 0 Å². The van der Waals surface area contributed by atoms with Gasteiger partial charge in [0.25, 0.3) is 5.91 Å². The first-order valence-corrected chi connectivity index (χ1v) is 9.12. The number of ether oxygens (including phenoxy) is 1. The van der Waals surface area contributed by atoms with E-state index in [-0.39, 0.29) is 11.7 Å². The number of anilines is 1. The van der Waals surface area contributed by atoms with Crippen LogP contribution in [-0.2, 0) is 4.79 Å². The van der Waals surface area contributed by atoms with E-state index in [4.69, 9.17) is 10.5 Å². The second-order valence-corrected chi connectivity index (χ2v) is 6.59. The molecule has 7 heteroatoms. The first-order valence-electron chi connectivity index (χ1n) is 8.14. The summed E-state index contributed by atoms with van der Waals surface area (Å²) in [7, 11) is 0. The highest BCUT2D eigenvalue weighted by molar-refractivity contribution is 8.00. The molecular formula is C19H19N3O3S. The number of rotatable bonds is 7. The number of carbonyl (C=O) groups is 2. The number of hydrogen-bond acceptors (Lipinski definition) is 4. The molecule has 0 atom stereocenters. The van der Waals surface area contributed by atoms with Crippen LogP contribution >= 0.6 is 11.8 Å². The number of benzene rings is 2. The van der Waals surface area contributed by atoms with Crippen molar-refractivity contribution in [3.8, 4) is 5.75 Å². The SMILES string of the molecule is CCOc1ccc2cc(C(=O)Nc3ccccc3SCC(N)=O)[nH]c2c1. The first kappa shape index (κ1) is 17.9. The van der Waals surface area contributed by atoms with Gasteiger partial charge in [-0.1, -0.05) is 12.1 Å². The standard InChI is InChI=1S/C19H19N3O3S/c1-2-25-13-8-7-12-9-16(21-15(12)10-13)19(24)22-14-5-3-4-6-17(14)26-11-18(20)23/h3-10,21H,2,11H2,1H3,(H2,20,23)(H,22,24). The monoisotopic (exact) mass is 369 g/mol. The Hall–Kier alpha value is -2.93. The van der Waals surface area contributed by atoms with Crippen LogP contribution < -0.4 is 15.8 Å². The van der Waals surface area contributed by atoms with E-state index < -0.39 is 5.91 Å². The first-order chi connectivity index (χ1) is 12.6. The number of nitrogens with two attached hydrogens (primary N) is 1. The Kier molecular flexibility index (Phi) is 5.48. The van der Waals surface area contributed by atoms with Crippen molar-refractivity contribution < 1.29 is 14.3 Å². The molecule has 0 fully saturated rings. The zero-order valence-electron chi connectivity index (χ0n) is 14.2. The van der Waals surface area contributed by atoms with Crippen LogP contribution in [0.1, 0.15) is 17.4 Å². The Morgan fingerprint density at radius 3 is 2.77 bits per heavy atom. The Labute approximate surface area is 155 Å². The number of primary amides is 1. The number of fused-ring (bicyclic) bond motifs is 1. The average molecular weight is 369 g/mol. The number of hydrogen-bond donors (Lipinski definition) is 3. The Balaban J connectivity index is 1.80. The highest BCUT2D eigenvalue weighted by Crippen LogP contribution is 2.28. The fourth-order valence-corrected chi connectivity index (χ4v) is 3.27. The normalized spacial score (nSPS) is 10.7. The van der Waals surface area contributed by atoms with Crippen molar-refractivity contribution in [3.63, 3.8) is 0 Å². The van der Waals surface area contributed by atoms with Crippen molar-refractivity contribution in [2.45, 2.75) is 11.8 Å². The van der Waals surface area contributed by atoms with Gasteiger partial charge in [0.2, 0.25) is 5.91 Å².